The van der Waals surface area contributed by atoms with Gasteiger partial charge >= 0.3 is 5.69 Å². The molecule has 2 aliphatic rings. The van der Waals surface area contributed by atoms with Crippen LogP contribution in [0.1, 0.15) is 68.3 Å². The second kappa shape index (κ2) is 20.8. The average Bonchev–Trinajstić information content (AvgIpc) is 4.14. The number of imidazole rings is 1. The molecule has 0 unspecified atom stereocenters. The van der Waals surface area contributed by atoms with E-state index in [1.165, 1.54) is 4.57 Å². The van der Waals surface area contributed by atoms with Crippen LogP contribution >= 0.6 is 0 Å². The Kier molecular flexibility index (Phi) is 14.1. The molecular formula is C56H60N8O8Si. The van der Waals surface area contributed by atoms with Gasteiger partial charge in [0.1, 0.15) is 24.2 Å². The summed E-state index contributed by atoms with van der Waals surface area (Å²) in [6.45, 7) is 8.83. The molecule has 0 saturated carbocycles. The summed E-state index contributed by atoms with van der Waals surface area (Å²) in [5, 5.41) is 1.88. The van der Waals surface area contributed by atoms with Gasteiger partial charge in [-0.25, -0.2) is 15.3 Å². The first kappa shape index (κ1) is 49.5. The molecule has 0 bridgehead atoms. The van der Waals surface area contributed by atoms with Crippen LogP contribution in [-0.4, -0.2) is 75.5 Å². The van der Waals surface area contributed by atoms with E-state index in [1.807, 2.05) is 91.0 Å². The molecule has 0 amide bonds. The van der Waals surface area contributed by atoms with Gasteiger partial charge in [-0.05, 0) is 45.4 Å². The number of benzene rings is 5. The molecule has 73 heavy (non-hydrogen) atoms. The zero-order valence-electron chi connectivity index (χ0n) is 41.2. The van der Waals surface area contributed by atoms with Crippen LogP contribution in [0.25, 0.3) is 11.2 Å². The number of hydrogen-bond acceptors (Lipinski definition) is 12. The fraction of sp³-hybridized carbons (Fsp3) is 0.304. The number of anilines is 1. The second-order valence-corrected chi connectivity index (χ2v) is 24.1. The number of nitrogens with zero attached hydrogens (tertiary/aromatic N) is 4. The Hall–Kier alpha value is -7.09. The van der Waals surface area contributed by atoms with E-state index >= 15 is 0 Å². The molecule has 16 nitrogen and oxygen atoms in total. The van der Waals surface area contributed by atoms with Crippen LogP contribution in [0, 0.1) is 12.8 Å². The standard InChI is InChI=1S/C56H60N8O8Si/c1-37-33-63(54(67)62-51(37)65)47-30-38(45(70-47)34-68-56(39-20-10-5-11-21-39,40-22-12-6-13-23-40)41-24-14-7-15-25-41)32-59-69-35-46-44(31-48(71-46)64-36-58-49-50(64)60-53(57)61-52(49)66)72-73(55(2,3)4,42-26-16-8-17-27-42)43-28-18-9-19-29-43/h5-29,33,36,38,44-48,59H,30-32,34-35H2,1-4H3,(H,62,65,67)(H3,57,60,61,66)/t38-,44+,45-,46-,47-,48-/m1/s1. The Morgan fingerprint density at radius 2 is 1.23 bits per heavy atom. The van der Waals surface area contributed by atoms with Gasteiger partial charge in [-0.1, -0.05) is 172 Å². The molecule has 5 N–H and O–H groups in total. The lowest BCUT2D eigenvalue weighted by atomic mass is 9.80. The number of rotatable bonds is 17. The van der Waals surface area contributed by atoms with Crippen molar-refractivity contribution in [2.75, 3.05) is 25.5 Å². The van der Waals surface area contributed by atoms with E-state index in [0.717, 1.165) is 27.1 Å². The van der Waals surface area contributed by atoms with Gasteiger partial charge in [0.25, 0.3) is 19.4 Å². The summed E-state index contributed by atoms with van der Waals surface area (Å²) in [7, 11) is -3.12. The average molecular weight is 1000 g/mol. The minimum Gasteiger partial charge on any atom is -0.402 e. The summed E-state index contributed by atoms with van der Waals surface area (Å²) in [4.78, 5) is 59.1. The van der Waals surface area contributed by atoms with Gasteiger partial charge in [-0.3, -0.25) is 33.5 Å². The zero-order chi connectivity index (χ0) is 50.7. The minimum atomic E-state index is -3.12. The van der Waals surface area contributed by atoms with Crippen LogP contribution in [0.3, 0.4) is 0 Å². The van der Waals surface area contributed by atoms with Crippen molar-refractivity contribution in [2.24, 2.45) is 5.92 Å². The maximum Gasteiger partial charge on any atom is 0.330 e. The van der Waals surface area contributed by atoms with E-state index in [1.54, 1.807) is 24.0 Å². The number of aromatic nitrogens is 6. The smallest absolute Gasteiger partial charge is 0.330 e. The van der Waals surface area contributed by atoms with Crippen molar-refractivity contribution >= 4 is 35.8 Å². The van der Waals surface area contributed by atoms with Gasteiger partial charge in [0.2, 0.25) is 5.95 Å². The molecule has 2 aliphatic heterocycles. The fourth-order valence-corrected chi connectivity index (χ4v) is 15.4. The molecule has 376 valence electrons. The van der Waals surface area contributed by atoms with E-state index < -0.39 is 61.5 Å². The lowest BCUT2D eigenvalue weighted by Gasteiger charge is -2.45. The van der Waals surface area contributed by atoms with Gasteiger partial charge in [0.05, 0.1) is 31.7 Å². The zero-order valence-corrected chi connectivity index (χ0v) is 42.2. The van der Waals surface area contributed by atoms with Crippen molar-refractivity contribution in [1.29, 1.82) is 0 Å². The third-order valence-electron chi connectivity index (χ3n) is 14.2. The lowest BCUT2D eigenvalue weighted by Crippen LogP contribution is -2.68. The molecular weight excluding hydrogens is 941 g/mol. The summed E-state index contributed by atoms with van der Waals surface area (Å²) in [5.74, 6) is -0.285. The predicted molar refractivity (Wildman–Crippen MR) is 281 cm³/mol. The van der Waals surface area contributed by atoms with Crippen LogP contribution in [0.5, 0.6) is 0 Å². The van der Waals surface area contributed by atoms with E-state index in [0.29, 0.717) is 30.6 Å². The molecule has 2 fully saturated rings. The molecule has 0 radical (unpaired) electrons. The number of nitrogen functional groups attached to an aromatic ring is 1. The molecule has 5 heterocycles. The molecule has 10 rings (SSSR count). The highest BCUT2D eigenvalue weighted by Gasteiger charge is 2.54. The van der Waals surface area contributed by atoms with Crippen LogP contribution in [0.4, 0.5) is 5.95 Å². The first-order valence-corrected chi connectivity index (χ1v) is 26.6. The molecule has 6 atom stereocenters. The van der Waals surface area contributed by atoms with E-state index in [4.69, 9.17) is 29.2 Å². The molecule has 3 aromatic heterocycles. The first-order chi connectivity index (χ1) is 35.4. The number of hydroxylamine groups is 1. The van der Waals surface area contributed by atoms with Gasteiger partial charge in [0.15, 0.2) is 11.2 Å². The molecule has 0 spiro atoms. The topological polar surface area (TPSA) is 203 Å². The number of H-pyrrole nitrogens is 2. The van der Waals surface area contributed by atoms with E-state index in [-0.39, 0.29) is 35.6 Å². The fourth-order valence-electron chi connectivity index (χ4n) is 10.6. The summed E-state index contributed by atoms with van der Waals surface area (Å²) in [5.41, 5.74) is 10.4. The summed E-state index contributed by atoms with van der Waals surface area (Å²) in [6.07, 6.45) is 0.846. The summed E-state index contributed by atoms with van der Waals surface area (Å²) in [6, 6.07) is 51.2. The highest BCUT2D eigenvalue weighted by molar-refractivity contribution is 6.99. The molecule has 17 heteroatoms. The molecule has 0 aliphatic carbocycles. The van der Waals surface area contributed by atoms with Crippen molar-refractivity contribution in [2.45, 2.75) is 81.9 Å². The number of nitrogens with two attached hydrogens (primary N) is 1. The number of hydrogen-bond donors (Lipinski definition) is 4. The van der Waals surface area contributed by atoms with E-state index in [9.17, 15) is 14.4 Å². The highest BCUT2D eigenvalue weighted by atomic mass is 28.4. The molecule has 2 saturated heterocycles. The van der Waals surface area contributed by atoms with Crippen LogP contribution in [-0.2, 0) is 29.1 Å². The predicted octanol–water partition coefficient (Wildman–Crippen LogP) is 6.23. The van der Waals surface area contributed by atoms with Crippen LogP contribution in [0.15, 0.2) is 179 Å². The van der Waals surface area contributed by atoms with Crippen molar-refractivity contribution in [1.82, 2.24) is 34.6 Å². The largest absolute Gasteiger partial charge is 0.402 e. The summed E-state index contributed by atoms with van der Waals surface area (Å²) >= 11 is 0. The Bertz CT molecular complexity index is 3180. The third kappa shape index (κ3) is 9.68. The molecule has 8 aromatic rings. The number of nitrogens with one attached hydrogen (secondary N) is 3. The lowest BCUT2D eigenvalue weighted by molar-refractivity contribution is -0.0967. The van der Waals surface area contributed by atoms with Gasteiger partial charge in [0, 0.05) is 30.6 Å². The normalized spacial score (nSPS) is 20.4. The first-order valence-electron chi connectivity index (χ1n) is 24.6. The highest BCUT2D eigenvalue weighted by Crippen LogP contribution is 2.44. The van der Waals surface area contributed by atoms with Gasteiger partial charge < -0.3 is 24.4 Å². The number of fused-ring (bicyclic) bond motifs is 1. The number of aromatic amines is 2. The third-order valence-corrected chi connectivity index (χ3v) is 19.3. The minimum absolute atomic E-state index is 0.0327. The summed E-state index contributed by atoms with van der Waals surface area (Å²) < 4.78 is 31.9. The Morgan fingerprint density at radius 1 is 0.699 bits per heavy atom. The van der Waals surface area contributed by atoms with Gasteiger partial charge in [-0.15, -0.1) is 0 Å². The molecule has 5 aromatic carbocycles. The maximum absolute atomic E-state index is 13.4. The number of ether oxygens (including phenoxy) is 3. The Labute approximate surface area is 423 Å². The van der Waals surface area contributed by atoms with Crippen molar-refractivity contribution in [3.05, 3.63) is 218 Å². The maximum atomic E-state index is 13.4. The quantitative estimate of drug-likeness (QED) is 0.0348. The van der Waals surface area contributed by atoms with Crippen LogP contribution < -0.4 is 38.4 Å². The monoisotopic (exact) mass is 1000 g/mol. The van der Waals surface area contributed by atoms with E-state index in [2.05, 4.69) is 107 Å². The van der Waals surface area contributed by atoms with Crippen molar-refractivity contribution in [3.63, 3.8) is 0 Å². The van der Waals surface area contributed by atoms with Crippen LogP contribution in [0.2, 0.25) is 5.04 Å². The SMILES string of the molecule is Cc1cn([C@H]2C[C@H](CNOC[C@H]3O[C@@H](n4cnc5c(=O)[nH]c(N)nc54)C[C@@H]3O[Si](c3ccccc3)(c3ccccc3)C(C)(C)C)[C@@H](COC(c3ccccc3)(c3ccccc3)c3ccccc3)O2)c(=O)[nH]c1=O. The van der Waals surface area contributed by atoms with Gasteiger partial charge in [-0.2, -0.15) is 4.98 Å². The van der Waals surface area contributed by atoms with Crippen molar-refractivity contribution in [3.8, 4) is 0 Å². The Balaban J connectivity index is 0.954. The second-order valence-electron chi connectivity index (χ2n) is 19.8. The number of aryl methyl sites for hydroxylation is 1. The van der Waals surface area contributed by atoms with Crippen molar-refractivity contribution < 1.29 is 23.5 Å². The Morgan fingerprint density at radius 3 is 1.79 bits per heavy atom.